The highest BCUT2D eigenvalue weighted by atomic mass is 16.5. The number of esters is 2. The molecular weight excluding hydrogens is 544 g/mol. The lowest BCUT2D eigenvalue weighted by Crippen LogP contribution is -2.59. The molecule has 0 saturated heterocycles. The number of benzene rings is 2. The fraction of sp³-hybridized carbons (Fsp3) is 0.600. The number of hydrogen-bond donors (Lipinski definition) is 0. The Morgan fingerprint density at radius 3 is 2.07 bits per heavy atom. The largest absolute Gasteiger partial charge is 0.463 e. The van der Waals surface area contributed by atoms with E-state index in [0.717, 1.165) is 32.1 Å². The van der Waals surface area contributed by atoms with Crippen molar-refractivity contribution in [2.24, 2.45) is 46.3 Å². The van der Waals surface area contributed by atoms with Gasteiger partial charge in [-0.3, -0.25) is 9.59 Å². The average Bonchev–Trinajstić information content (AvgIpc) is 3.37. The van der Waals surface area contributed by atoms with Crippen LogP contribution >= 0.6 is 0 Å². The number of carbonyl (C=O) groups is 2. The third-order valence-electron chi connectivity index (χ3n) is 13.0. The van der Waals surface area contributed by atoms with Crippen LogP contribution in [0.4, 0.5) is 0 Å². The highest BCUT2D eigenvalue weighted by Crippen LogP contribution is 2.69. The molecule has 0 unspecified atom stereocenters. The fourth-order valence-electron chi connectivity index (χ4n) is 10.9. The predicted octanol–water partition coefficient (Wildman–Crippen LogP) is 9.28. The van der Waals surface area contributed by atoms with E-state index in [4.69, 9.17) is 9.47 Å². The summed E-state index contributed by atoms with van der Waals surface area (Å²) < 4.78 is 12.1. The summed E-state index contributed by atoms with van der Waals surface area (Å²) in [5.41, 5.74) is 4.01. The first kappa shape index (κ1) is 31.1. The molecule has 0 heterocycles. The summed E-state index contributed by atoms with van der Waals surface area (Å²) in [6, 6.07) is 21.5. The zero-order valence-corrected chi connectivity index (χ0v) is 27.5. The molecule has 0 aliphatic heterocycles. The van der Waals surface area contributed by atoms with E-state index < -0.39 is 0 Å². The smallest absolute Gasteiger partial charge is 0.302 e. The number of rotatable bonds is 7. The highest BCUT2D eigenvalue weighted by Gasteiger charge is 2.65. The summed E-state index contributed by atoms with van der Waals surface area (Å²) in [6.07, 6.45) is 12.4. The van der Waals surface area contributed by atoms with Crippen LogP contribution in [0.3, 0.4) is 0 Å². The molecule has 4 heteroatoms. The normalized spacial score (nSPS) is 36.6. The van der Waals surface area contributed by atoms with Gasteiger partial charge in [0, 0.05) is 19.3 Å². The molecule has 236 valence electrons. The van der Waals surface area contributed by atoms with Crippen LogP contribution in [-0.4, -0.2) is 24.1 Å². The quantitative estimate of drug-likeness (QED) is 0.299. The summed E-state index contributed by atoms with van der Waals surface area (Å²) >= 11 is 0. The van der Waals surface area contributed by atoms with Crippen molar-refractivity contribution in [1.82, 2.24) is 0 Å². The number of ether oxygens (including phenoxy) is 2. The highest BCUT2D eigenvalue weighted by molar-refractivity contribution is 5.79. The van der Waals surface area contributed by atoms with Gasteiger partial charge in [0.25, 0.3) is 0 Å². The zero-order chi connectivity index (χ0) is 31.1. The van der Waals surface area contributed by atoms with E-state index in [1.165, 1.54) is 49.3 Å². The molecule has 6 rings (SSSR count). The molecule has 4 fully saturated rings. The van der Waals surface area contributed by atoms with Crippen LogP contribution in [0.25, 0.3) is 5.57 Å². The molecule has 2 aromatic carbocycles. The van der Waals surface area contributed by atoms with Gasteiger partial charge in [0.2, 0.25) is 0 Å². The molecule has 0 N–H and O–H groups in total. The maximum atomic E-state index is 12.6. The lowest BCUT2D eigenvalue weighted by atomic mass is 9.43. The Kier molecular flexibility index (Phi) is 8.83. The van der Waals surface area contributed by atoms with Crippen molar-refractivity contribution >= 4 is 17.5 Å². The first-order valence-electron chi connectivity index (χ1n) is 17.3. The average molecular weight is 597 g/mol. The molecule has 0 radical (unpaired) electrons. The Hall–Kier alpha value is -2.88. The molecule has 4 saturated carbocycles. The SMILES string of the molecule is CC(=O)O[C@@H]1CC[C@@]2(C)[C@H](CC[C@@H]3[C@@H]2C[C@H](OC(C)=O)[C@]2(C)[C@@H]([C@H](C)CC=C(c4ccccc4)c4ccccc4)CC[C@@H]32)C1. The van der Waals surface area contributed by atoms with E-state index in [2.05, 4.69) is 87.5 Å². The van der Waals surface area contributed by atoms with Crippen molar-refractivity contribution in [2.45, 2.75) is 105 Å². The van der Waals surface area contributed by atoms with Gasteiger partial charge in [0.1, 0.15) is 12.2 Å². The second-order valence-electron chi connectivity index (χ2n) is 15.1. The first-order valence-corrected chi connectivity index (χ1v) is 17.3. The van der Waals surface area contributed by atoms with E-state index in [1.807, 2.05) is 0 Å². The van der Waals surface area contributed by atoms with Crippen LogP contribution in [0.1, 0.15) is 104 Å². The number of hydrogen-bond acceptors (Lipinski definition) is 4. The van der Waals surface area contributed by atoms with Gasteiger partial charge in [-0.05, 0) is 115 Å². The molecular formula is C40H52O4. The van der Waals surface area contributed by atoms with Crippen molar-refractivity contribution in [3.05, 3.63) is 77.9 Å². The minimum atomic E-state index is -0.156. The monoisotopic (exact) mass is 596 g/mol. The minimum absolute atomic E-state index is 0.0160. The number of allylic oxidation sites excluding steroid dienone is 1. The molecule has 0 amide bonds. The van der Waals surface area contributed by atoms with E-state index in [-0.39, 0.29) is 35.0 Å². The molecule has 0 spiro atoms. The lowest BCUT2D eigenvalue weighted by Gasteiger charge is -2.62. The van der Waals surface area contributed by atoms with Crippen LogP contribution in [-0.2, 0) is 19.1 Å². The van der Waals surface area contributed by atoms with Crippen molar-refractivity contribution in [2.75, 3.05) is 0 Å². The Balaban J connectivity index is 1.26. The fourth-order valence-corrected chi connectivity index (χ4v) is 10.9. The van der Waals surface area contributed by atoms with Gasteiger partial charge in [-0.2, -0.15) is 0 Å². The first-order chi connectivity index (χ1) is 21.1. The third-order valence-corrected chi connectivity index (χ3v) is 13.0. The molecule has 44 heavy (non-hydrogen) atoms. The van der Waals surface area contributed by atoms with Gasteiger partial charge >= 0.3 is 11.9 Å². The van der Waals surface area contributed by atoms with Crippen LogP contribution in [0.2, 0.25) is 0 Å². The Labute approximate surface area is 265 Å². The van der Waals surface area contributed by atoms with E-state index >= 15 is 0 Å². The predicted molar refractivity (Wildman–Crippen MR) is 175 cm³/mol. The second-order valence-corrected chi connectivity index (χ2v) is 15.1. The molecule has 4 aliphatic rings. The molecule has 4 nitrogen and oxygen atoms in total. The van der Waals surface area contributed by atoms with Crippen molar-refractivity contribution < 1.29 is 19.1 Å². The van der Waals surface area contributed by atoms with E-state index in [0.29, 0.717) is 35.5 Å². The van der Waals surface area contributed by atoms with Crippen LogP contribution in [0.5, 0.6) is 0 Å². The third kappa shape index (κ3) is 5.67. The van der Waals surface area contributed by atoms with Crippen LogP contribution in [0, 0.1) is 46.3 Å². The molecule has 0 aromatic heterocycles. The Morgan fingerprint density at radius 1 is 0.818 bits per heavy atom. The van der Waals surface area contributed by atoms with Crippen molar-refractivity contribution in [1.29, 1.82) is 0 Å². The molecule has 4 aliphatic carbocycles. The van der Waals surface area contributed by atoms with Gasteiger partial charge in [0.05, 0.1) is 0 Å². The van der Waals surface area contributed by atoms with Crippen molar-refractivity contribution in [3.8, 4) is 0 Å². The van der Waals surface area contributed by atoms with Crippen LogP contribution < -0.4 is 0 Å². The van der Waals surface area contributed by atoms with Gasteiger partial charge in [-0.15, -0.1) is 0 Å². The van der Waals surface area contributed by atoms with Crippen molar-refractivity contribution in [3.63, 3.8) is 0 Å². The van der Waals surface area contributed by atoms with Gasteiger partial charge < -0.3 is 9.47 Å². The summed E-state index contributed by atoms with van der Waals surface area (Å²) in [7, 11) is 0. The standard InChI is InChI=1S/C40H52O4/c1-26(16-18-33(29-12-8-6-9-13-29)30-14-10-7-11-15-30)35-20-21-36-34-19-17-31-24-32(43-27(2)41)22-23-39(31,4)37(34)25-38(40(35,36)5)44-28(3)42/h6-15,18,26,31-32,34-38H,16-17,19-25H2,1-5H3/t26-,31-,32-,34+,35-,36+,37+,38+,39+,40-/m1/s1. The van der Waals surface area contributed by atoms with Crippen LogP contribution in [0.15, 0.2) is 66.7 Å². The number of fused-ring (bicyclic) bond motifs is 5. The second kappa shape index (κ2) is 12.5. The Bertz CT molecular complexity index is 1310. The van der Waals surface area contributed by atoms with Gasteiger partial charge in [0.15, 0.2) is 0 Å². The summed E-state index contributed by atoms with van der Waals surface area (Å²) in [4.78, 5) is 24.4. The lowest BCUT2D eigenvalue weighted by molar-refractivity contribution is -0.197. The molecule has 10 atom stereocenters. The molecule has 0 bridgehead atoms. The van der Waals surface area contributed by atoms with E-state index in [9.17, 15) is 9.59 Å². The van der Waals surface area contributed by atoms with Gasteiger partial charge in [-0.1, -0.05) is 87.5 Å². The molecule has 2 aromatic rings. The van der Waals surface area contributed by atoms with Gasteiger partial charge in [-0.25, -0.2) is 0 Å². The minimum Gasteiger partial charge on any atom is -0.463 e. The Morgan fingerprint density at radius 2 is 1.45 bits per heavy atom. The summed E-state index contributed by atoms with van der Waals surface area (Å²) in [5, 5.41) is 0. The maximum absolute atomic E-state index is 12.6. The zero-order valence-electron chi connectivity index (χ0n) is 27.5. The number of carbonyl (C=O) groups excluding carboxylic acids is 2. The topological polar surface area (TPSA) is 52.6 Å². The summed E-state index contributed by atoms with van der Waals surface area (Å²) in [6.45, 7) is 10.6. The maximum Gasteiger partial charge on any atom is 0.302 e. The van der Waals surface area contributed by atoms with E-state index in [1.54, 1.807) is 6.92 Å². The summed E-state index contributed by atoms with van der Waals surface area (Å²) in [5.74, 6) is 3.07.